The molecule has 4 heterocycles. The summed E-state index contributed by atoms with van der Waals surface area (Å²) in [6.45, 7) is 0. The Labute approximate surface area is 210 Å². The van der Waals surface area contributed by atoms with E-state index in [1.807, 2.05) is 0 Å². The van der Waals surface area contributed by atoms with E-state index in [0.717, 1.165) is 28.0 Å². The molecule has 0 bridgehead atoms. The number of aliphatic carboxylic acids is 1. The summed E-state index contributed by atoms with van der Waals surface area (Å²) in [5.41, 5.74) is 4.36. The average Bonchev–Trinajstić information content (AvgIpc) is 3.38. The number of hydrogen-bond donors (Lipinski definition) is 4. The highest BCUT2D eigenvalue weighted by Gasteiger charge is 2.54. The van der Waals surface area contributed by atoms with Crippen molar-refractivity contribution in [2.45, 2.75) is 35.4 Å². The van der Waals surface area contributed by atoms with Crippen molar-refractivity contribution >= 4 is 74.7 Å². The third-order valence-corrected chi connectivity index (χ3v) is 8.34. The molecule has 0 aromatic carbocycles. The number of thiazole rings is 2. The smallest absolute Gasteiger partial charge is 0.427 e. The summed E-state index contributed by atoms with van der Waals surface area (Å²) < 4.78 is 38.5. The molecule has 35 heavy (non-hydrogen) atoms. The van der Waals surface area contributed by atoms with E-state index >= 15 is 0 Å². The molecule has 2 atom stereocenters. The lowest BCUT2D eigenvalue weighted by Gasteiger charge is -2.49. The molecule has 2 aromatic heterocycles. The van der Waals surface area contributed by atoms with Gasteiger partial charge in [-0.2, -0.15) is 13.2 Å². The van der Waals surface area contributed by atoms with Crippen LogP contribution in [0.1, 0.15) is 23.4 Å². The Bertz CT molecular complexity index is 1290. The summed E-state index contributed by atoms with van der Waals surface area (Å²) in [7, 11) is 0. The second-order valence-corrected chi connectivity index (χ2v) is 11.1. The Kier molecular flexibility index (Phi) is 6.69. The predicted molar refractivity (Wildman–Crippen MR) is 119 cm³/mol. The highest BCUT2D eigenvalue weighted by molar-refractivity contribution is 8.04. The van der Waals surface area contributed by atoms with Crippen molar-refractivity contribution in [1.82, 2.24) is 20.2 Å². The molecule has 0 unspecified atom stereocenters. The van der Waals surface area contributed by atoms with Crippen LogP contribution in [0.15, 0.2) is 26.3 Å². The van der Waals surface area contributed by atoms with E-state index in [9.17, 15) is 37.9 Å². The van der Waals surface area contributed by atoms with Crippen molar-refractivity contribution in [2.75, 3.05) is 5.73 Å². The number of β-lactam (4-membered cyclic amide) rings is 1. The summed E-state index contributed by atoms with van der Waals surface area (Å²) >= 11 is 7.88. The number of carboxylic acid groups (broad SMARTS) is 1. The van der Waals surface area contributed by atoms with Gasteiger partial charge in [0.2, 0.25) is 0 Å². The summed E-state index contributed by atoms with van der Waals surface area (Å²) in [6.07, 6.45) is -3.60. The van der Waals surface area contributed by atoms with Gasteiger partial charge in [-0.15, -0.1) is 11.3 Å². The van der Waals surface area contributed by atoms with Crippen LogP contribution in [0.5, 0.6) is 0 Å². The number of thioether (sulfide) groups is 1. The number of carbonyl (C=O) groups excluding carboxylic acids is 2. The summed E-state index contributed by atoms with van der Waals surface area (Å²) in [4.78, 5) is 45.0. The number of rotatable bonds is 6. The number of allylic oxidation sites excluding steroid dienone is 1. The molecule has 0 spiro atoms. The fourth-order valence-electron chi connectivity index (χ4n) is 3.54. The van der Waals surface area contributed by atoms with Gasteiger partial charge in [-0.3, -0.25) is 14.5 Å². The average molecular weight is 569 g/mol. The molecule has 1 saturated heterocycles. The van der Waals surface area contributed by atoms with Crippen LogP contribution in [-0.2, 0) is 20.6 Å². The van der Waals surface area contributed by atoms with Crippen LogP contribution in [0.2, 0.25) is 4.34 Å². The van der Waals surface area contributed by atoms with Crippen molar-refractivity contribution in [3.8, 4) is 0 Å². The van der Waals surface area contributed by atoms with Gasteiger partial charge in [0.1, 0.15) is 26.6 Å². The molecular weight excluding hydrogens is 557 g/mol. The minimum atomic E-state index is -4.58. The van der Waals surface area contributed by atoms with Gasteiger partial charge in [-0.1, -0.05) is 39.9 Å². The van der Waals surface area contributed by atoms with E-state index in [1.54, 1.807) is 0 Å². The third kappa shape index (κ3) is 4.67. The molecule has 0 aliphatic carbocycles. The number of hydrogen-bond acceptors (Lipinski definition) is 11. The second kappa shape index (κ2) is 9.29. The van der Waals surface area contributed by atoms with E-state index in [2.05, 4.69) is 20.4 Å². The maximum Gasteiger partial charge on any atom is 0.427 e. The quantitative estimate of drug-likeness (QED) is 0.177. The molecule has 18 heteroatoms. The van der Waals surface area contributed by atoms with Gasteiger partial charge in [-0.25, -0.2) is 14.8 Å². The van der Waals surface area contributed by atoms with Gasteiger partial charge in [0.25, 0.3) is 11.8 Å². The van der Waals surface area contributed by atoms with Gasteiger partial charge in [-0.05, 0) is 12.8 Å². The van der Waals surface area contributed by atoms with Gasteiger partial charge in [0, 0.05) is 4.91 Å². The number of nitrogens with zero attached hydrogens (tertiary/aromatic N) is 4. The number of nitrogens with two attached hydrogens (primary N) is 1. The van der Waals surface area contributed by atoms with Crippen molar-refractivity contribution in [3.05, 3.63) is 31.7 Å². The number of aromatic nitrogens is 2. The molecule has 2 aliphatic rings. The number of anilines is 1. The lowest BCUT2D eigenvalue weighted by molar-refractivity contribution is -0.155. The van der Waals surface area contributed by atoms with E-state index in [-0.39, 0.29) is 37.2 Å². The van der Waals surface area contributed by atoms with Gasteiger partial charge >= 0.3 is 12.1 Å². The highest BCUT2D eigenvalue weighted by atomic mass is 35.5. The van der Waals surface area contributed by atoms with Crippen LogP contribution in [0.4, 0.5) is 18.3 Å². The number of amides is 2. The Morgan fingerprint density at radius 3 is 2.63 bits per heavy atom. The molecule has 1 fully saturated rings. The zero-order valence-electron chi connectivity index (χ0n) is 16.9. The Hall–Kier alpha value is -2.89. The molecule has 0 saturated carbocycles. The van der Waals surface area contributed by atoms with Crippen molar-refractivity contribution in [3.63, 3.8) is 0 Å². The first kappa shape index (κ1) is 25.2. The SMILES string of the molecule is Nc1nc(/C(=N/O)C(=O)N[C@@H]2C(=O)N3C(C(=O)O)=C(Sc4ncc(C(F)(F)F)s4)CC[C@H]23)c(Cl)s1. The maximum atomic E-state index is 12.8. The highest BCUT2D eigenvalue weighted by Crippen LogP contribution is 2.45. The minimum Gasteiger partial charge on any atom is -0.477 e. The van der Waals surface area contributed by atoms with Crippen LogP contribution in [0, 0.1) is 0 Å². The van der Waals surface area contributed by atoms with Gasteiger partial charge in [0.15, 0.2) is 15.2 Å². The molecule has 2 aliphatic heterocycles. The van der Waals surface area contributed by atoms with E-state index in [4.69, 9.17) is 17.3 Å². The maximum absolute atomic E-state index is 12.8. The largest absolute Gasteiger partial charge is 0.477 e. The zero-order valence-corrected chi connectivity index (χ0v) is 20.1. The van der Waals surface area contributed by atoms with E-state index in [1.165, 1.54) is 0 Å². The molecule has 4 rings (SSSR count). The van der Waals surface area contributed by atoms with Gasteiger partial charge < -0.3 is 21.4 Å². The third-order valence-electron chi connectivity index (χ3n) is 5.00. The minimum absolute atomic E-state index is 0.0148. The van der Waals surface area contributed by atoms with Crippen molar-refractivity contribution in [1.29, 1.82) is 0 Å². The number of nitrogen functional groups attached to an aromatic ring is 1. The molecule has 2 amide bonds. The van der Waals surface area contributed by atoms with Crippen molar-refractivity contribution in [2.24, 2.45) is 5.16 Å². The van der Waals surface area contributed by atoms with Crippen molar-refractivity contribution < 1.29 is 37.9 Å². The number of fused-ring (bicyclic) bond motifs is 1. The number of carboxylic acids is 1. The Morgan fingerprint density at radius 2 is 2.09 bits per heavy atom. The standard InChI is InChI=1S/C17H12ClF3N6O5S3/c18-11-8(25-15(22)35-11)9(26-32)12(28)24-7-4-1-2-5(10(14(30)31)27(4)13(7)29)33-16-23-3-6(34-16)17(19,20)21/h3-4,7,32H,1-2H2,(H2,22,25)(H,24,28)(H,30,31)/b26-9-/t4-,7+/m1/s1. The Morgan fingerprint density at radius 1 is 1.37 bits per heavy atom. The first-order valence-corrected chi connectivity index (χ1v) is 12.2. The summed E-state index contributed by atoms with van der Waals surface area (Å²) in [6, 6.07) is -1.87. The molecule has 186 valence electrons. The Balaban J connectivity index is 1.52. The number of nitrogens with one attached hydrogen (secondary N) is 1. The number of alkyl halides is 3. The fourth-order valence-corrected chi connectivity index (χ4v) is 6.54. The molecule has 2 aromatic rings. The van der Waals surface area contributed by atoms with Crippen LogP contribution < -0.4 is 11.1 Å². The second-order valence-electron chi connectivity index (χ2n) is 7.06. The predicted octanol–water partition coefficient (Wildman–Crippen LogP) is 2.61. The monoisotopic (exact) mass is 568 g/mol. The van der Waals surface area contributed by atoms with E-state index in [0.29, 0.717) is 17.5 Å². The normalized spacial score (nSPS) is 20.5. The number of carbonyl (C=O) groups is 3. The molecular formula is C17H12ClF3N6O5S3. The van der Waals surface area contributed by atoms with E-state index < -0.39 is 52.3 Å². The van der Waals surface area contributed by atoms with Crippen LogP contribution in [-0.4, -0.2) is 60.8 Å². The topological polar surface area (TPSA) is 171 Å². The first-order valence-electron chi connectivity index (χ1n) is 9.37. The lowest BCUT2D eigenvalue weighted by atomic mass is 9.86. The summed E-state index contributed by atoms with van der Waals surface area (Å²) in [5.74, 6) is -3.19. The molecule has 11 nitrogen and oxygen atoms in total. The molecule has 5 N–H and O–H groups in total. The van der Waals surface area contributed by atoms with Crippen LogP contribution in [0.3, 0.4) is 0 Å². The van der Waals surface area contributed by atoms with Crippen LogP contribution in [0.25, 0.3) is 0 Å². The number of halogens is 4. The fraction of sp³-hybridized carbons (Fsp3) is 0.294. The summed E-state index contributed by atoms with van der Waals surface area (Å²) in [5, 5.41) is 24.2. The van der Waals surface area contributed by atoms with Gasteiger partial charge in [0.05, 0.1) is 12.2 Å². The zero-order chi connectivity index (χ0) is 25.7. The van der Waals surface area contributed by atoms with Crippen LogP contribution >= 0.6 is 46.0 Å². The first-order chi connectivity index (χ1) is 16.4. The molecule has 0 radical (unpaired) electrons. The lowest BCUT2D eigenvalue weighted by Crippen LogP contribution is -2.72. The number of oxime groups is 1.